The van der Waals surface area contributed by atoms with Crippen molar-refractivity contribution in [3.05, 3.63) is 0 Å². The molecule has 2 N–H and O–H groups in total. The largest absolute Gasteiger partial charge is 0.471 e. The van der Waals surface area contributed by atoms with E-state index in [2.05, 4.69) is 11.4 Å². The second-order valence-electron chi connectivity index (χ2n) is 12.1. The molecule has 214 valence electrons. The molecule has 39 heavy (non-hydrogen) atoms. The minimum atomic E-state index is -5.19. The molecule has 0 aromatic carbocycles. The smallest absolute Gasteiger partial charge is 0.373 e. The van der Waals surface area contributed by atoms with Gasteiger partial charge in [0.2, 0.25) is 17.7 Å². The quantitative estimate of drug-likeness (QED) is 0.435. The average molecular weight is 554 g/mol. The van der Waals surface area contributed by atoms with Crippen molar-refractivity contribution in [2.45, 2.75) is 101 Å². The highest BCUT2D eigenvalue weighted by molar-refractivity contribution is 6.01. The molecule has 5 fully saturated rings. The van der Waals surface area contributed by atoms with E-state index in [0.717, 1.165) is 12.8 Å². The van der Waals surface area contributed by atoms with E-state index >= 15 is 0 Å². The summed E-state index contributed by atoms with van der Waals surface area (Å²) in [6, 6.07) is -1.27. The molecule has 3 saturated heterocycles. The zero-order valence-corrected chi connectivity index (χ0v) is 22.2. The number of nitrogens with one attached hydrogen (secondary N) is 2. The first-order valence-electron chi connectivity index (χ1n) is 13.6. The molecule has 3 heterocycles. The lowest BCUT2D eigenvalue weighted by Gasteiger charge is -2.54. The van der Waals surface area contributed by atoms with Gasteiger partial charge in [-0.05, 0) is 50.9 Å². The Balaban J connectivity index is 1.38. The lowest BCUT2D eigenvalue weighted by molar-refractivity contribution is -0.179. The molecule has 0 bridgehead atoms. The molecule has 0 aromatic rings. The lowest BCUT2D eigenvalue weighted by Crippen LogP contribution is -2.76. The minimum Gasteiger partial charge on any atom is -0.373 e. The summed E-state index contributed by atoms with van der Waals surface area (Å²) in [6.45, 7) is 6.01. The van der Waals surface area contributed by atoms with Crippen molar-refractivity contribution in [2.24, 2.45) is 17.3 Å². The number of ether oxygens (including phenoxy) is 1. The number of piperidine rings is 2. The highest BCUT2D eigenvalue weighted by Gasteiger charge is 2.90. The summed E-state index contributed by atoms with van der Waals surface area (Å²) < 4.78 is 45.2. The van der Waals surface area contributed by atoms with Crippen LogP contribution in [0.2, 0.25) is 0 Å². The Morgan fingerprint density at radius 1 is 1.23 bits per heavy atom. The zero-order valence-electron chi connectivity index (χ0n) is 22.2. The molecule has 0 radical (unpaired) electrons. The van der Waals surface area contributed by atoms with Crippen molar-refractivity contribution in [3.63, 3.8) is 0 Å². The van der Waals surface area contributed by atoms with Crippen molar-refractivity contribution < 1.29 is 37.1 Å². The van der Waals surface area contributed by atoms with Crippen LogP contribution in [0.25, 0.3) is 0 Å². The van der Waals surface area contributed by atoms with Crippen LogP contribution in [-0.4, -0.2) is 88.6 Å². The molecular weight excluding hydrogens is 519 g/mol. The van der Waals surface area contributed by atoms with Crippen LogP contribution in [0.3, 0.4) is 0 Å². The molecule has 5 rings (SSSR count). The number of nitrogens with zero attached hydrogens (tertiary/aromatic N) is 3. The summed E-state index contributed by atoms with van der Waals surface area (Å²) in [6.07, 6.45) is -2.54. The van der Waals surface area contributed by atoms with Crippen LogP contribution in [0.15, 0.2) is 0 Å². The van der Waals surface area contributed by atoms with Crippen LogP contribution in [0.5, 0.6) is 0 Å². The highest BCUT2D eigenvalue weighted by atomic mass is 19.4. The molecule has 7 unspecified atom stereocenters. The van der Waals surface area contributed by atoms with E-state index in [-0.39, 0.29) is 30.9 Å². The van der Waals surface area contributed by atoms with Gasteiger partial charge in [-0.2, -0.15) is 18.4 Å². The zero-order chi connectivity index (χ0) is 28.5. The third-order valence-electron chi connectivity index (χ3n) is 9.72. The Labute approximate surface area is 224 Å². The maximum atomic E-state index is 13.7. The molecule has 2 saturated carbocycles. The third-order valence-corrected chi connectivity index (χ3v) is 9.72. The van der Waals surface area contributed by atoms with Crippen LogP contribution >= 0.6 is 0 Å². The van der Waals surface area contributed by atoms with E-state index in [4.69, 9.17) is 4.74 Å². The number of hydrogen-bond acceptors (Lipinski definition) is 6. The number of carbonyl (C=O) groups excluding carboxylic acids is 4. The Morgan fingerprint density at radius 3 is 2.49 bits per heavy atom. The van der Waals surface area contributed by atoms with Gasteiger partial charge >= 0.3 is 12.1 Å². The van der Waals surface area contributed by atoms with Crippen LogP contribution in [0, 0.1) is 28.6 Å². The number of β-lactam (4-membered cyclic amide) rings is 1. The van der Waals surface area contributed by atoms with Crippen molar-refractivity contribution in [3.8, 4) is 6.07 Å². The number of halogens is 3. The molecule has 2 aliphatic carbocycles. The predicted octanol–water partition coefficient (Wildman–Crippen LogP) is 1.25. The van der Waals surface area contributed by atoms with Crippen LogP contribution in [0.4, 0.5) is 13.2 Å². The maximum Gasteiger partial charge on any atom is 0.471 e. The number of hydrogen-bond donors (Lipinski definition) is 2. The summed E-state index contributed by atoms with van der Waals surface area (Å²) in [5.41, 5.74) is -1.28. The third kappa shape index (κ3) is 4.08. The van der Waals surface area contributed by atoms with Gasteiger partial charge in [0.1, 0.15) is 18.1 Å². The molecule has 10 nitrogen and oxygen atoms in total. The summed E-state index contributed by atoms with van der Waals surface area (Å²) in [4.78, 5) is 54.3. The number of nitriles is 1. The number of amides is 4. The fourth-order valence-corrected chi connectivity index (χ4v) is 7.36. The first kappa shape index (κ1) is 27.7. The van der Waals surface area contributed by atoms with Gasteiger partial charge in [0.05, 0.1) is 23.8 Å². The second-order valence-corrected chi connectivity index (χ2v) is 12.1. The van der Waals surface area contributed by atoms with Crippen LogP contribution < -0.4 is 10.6 Å². The Hall–Kier alpha value is -2.88. The number of carbonyl (C=O) groups is 4. The van der Waals surface area contributed by atoms with E-state index in [1.54, 1.807) is 0 Å². The average Bonchev–Trinajstić information content (AvgIpc) is 3.17. The van der Waals surface area contributed by atoms with Gasteiger partial charge in [0.15, 0.2) is 0 Å². The van der Waals surface area contributed by atoms with Gasteiger partial charge in [-0.3, -0.25) is 19.2 Å². The molecule has 3 aliphatic heterocycles. The number of likely N-dealkylation sites (tertiary alicyclic amines) is 2. The van der Waals surface area contributed by atoms with E-state index in [1.807, 2.05) is 19.2 Å². The first-order chi connectivity index (χ1) is 18.3. The summed E-state index contributed by atoms with van der Waals surface area (Å²) in [5, 5.41) is 14.6. The lowest BCUT2D eigenvalue weighted by atomic mass is 9.80. The topological polar surface area (TPSA) is 132 Å². The first-order valence-corrected chi connectivity index (χ1v) is 13.6. The summed E-state index contributed by atoms with van der Waals surface area (Å²) >= 11 is 0. The van der Waals surface area contributed by atoms with Crippen LogP contribution in [0.1, 0.15) is 59.3 Å². The molecule has 7 atom stereocenters. The predicted molar refractivity (Wildman–Crippen MR) is 128 cm³/mol. The molecule has 0 aromatic heterocycles. The van der Waals surface area contributed by atoms with Gasteiger partial charge in [0.25, 0.3) is 0 Å². The molecule has 5 aliphatic rings. The normalized spacial score (nSPS) is 33.4. The fourth-order valence-electron chi connectivity index (χ4n) is 7.36. The summed E-state index contributed by atoms with van der Waals surface area (Å²) in [5.74, 6) is -4.28. The van der Waals surface area contributed by atoms with E-state index in [0.29, 0.717) is 25.8 Å². The Bertz CT molecular complexity index is 1120. The van der Waals surface area contributed by atoms with E-state index in [9.17, 15) is 37.6 Å². The molecule has 1 spiro atoms. The Morgan fingerprint density at radius 2 is 1.92 bits per heavy atom. The van der Waals surface area contributed by atoms with Gasteiger partial charge in [-0.1, -0.05) is 13.8 Å². The highest BCUT2D eigenvalue weighted by Crippen LogP contribution is 2.76. The maximum absolute atomic E-state index is 13.7. The molecular formula is C26H34F3N5O5. The monoisotopic (exact) mass is 553 g/mol. The molecule has 4 amide bonds. The van der Waals surface area contributed by atoms with Gasteiger partial charge in [0, 0.05) is 24.9 Å². The SMILES string of the molecule is CC(OC1CCC1)C(NC(=O)C(F)(F)F)C(=O)N1CC2C(C)(C)C23C1C(=O)N3C(C#N)CC1CCCNC1=O. The standard InChI is InChI=1S/C26H34F3N5O5/c1-13(39-16-7-4-8-16)18(32-23(38)26(27,28)29)21(36)33-12-17-24(2,3)25(17)19(33)22(37)34(25)15(11-30)10-14-6-5-9-31-20(14)35/h13-19H,4-10,12H2,1-3H3,(H,31,35)(H,32,38). The van der Waals surface area contributed by atoms with Crippen molar-refractivity contribution in [1.82, 2.24) is 20.4 Å². The Kier molecular flexibility index (Phi) is 6.64. The van der Waals surface area contributed by atoms with E-state index in [1.165, 1.54) is 16.7 Å². The summed E-state index contributed by atoms with van der Waals surface area (Å²) in [7, 11) is 0. The van der Waals surface area contributed by atoms with Crippen LogP contribution in [-0.2, 0) is 23.9 Å². The number of rotatable bonds is 8. The van der Waals surface area contributed by atoms with Gasteiger partial charge in [-0.15, -0.1) is 0 Å². The van der Waals surface area contributed by atoms with Gasteiger partial charge < -0.3 is 25.2 Å². The minimum absolute atomic E-state index is 0.106. The van der Waals surface area contributed by atoms with Gasteiger partial charge in [-0.25, -0.2) is 0 Å². The fraction of sp³-hybridized carbons (Fsp3) is 0.808. The molecule has 13 heteroatoms. The number of alkyl halides is 3. The van der Waals surface area contributed by atoms with Crippen molar-refractivity contribution >= 4 is 23.6 Å². The van der Waals surface area contributed by atoms with Crippen molar-refractivity contribution in [1.29, 1.82) is 5.26 Å². The van der Waals surface area contributed by atoms with Crippen molar-refractivity contribution in [2.75, 3.05) is 13.1 Å². The van der Waals surface area contributed by atoms with E-state index < -0.39 is 65.0 Å². The second kappa shape index (κ2) is 9.35.